The third kappa shape index (κ3) is 4.30. The third-order valence-corrected chi connectivity index (χ3v) is 5.19. The molecule has 1 aromatic carbocycles. The van der Waals surface area contributed by atoms with E-state index in [2.05, 4.69) is 15.1 Å². The van der Waals surface area contributed by atoms with Crippen LogP contribution >= 0.6 is 0 Å². The van der Waals surface area contributed by atoms with E-state index in [9.17, 15) is 13.2 Å². The van der Waals surface area contributed by atoms with Gasteiger partial charge in [-0.05, 0) is 35.4 Å². The van der Waals surface area contributed by atoms with Crippen LogP contribution in [0.15, 0.2) is 79.5 Å². The molecular formula is C24H18F3N5O. The van der Waals surface area contributed by atoms with Crippen molar-refractivity contribution in [2.45, 2.75) is 12.8 Å². The lowest BCUT2D eigenvalue weighted by Crippen LogP contribution is -2.05. The lowest BCUT2D eigenvalue weighted by Gasteiger charge is -2.06. The fourth-order valence-corrected chi connectivity index (χ4v) is 3.53. The molecule has 0 bridgehead atoms. The van der Waals surface area contributed by atoms with Crippen molar-refractivity contribution < 1.29 is 17.9 Å². The molecule has 0 aliphatic rings. The monoisotopic (exact) mass is 449 g/mol. The predicted octanol–water partition coefficient (Wildman–Crippen LogP) is 5.39. The van der Waals surface area contributed by atoms with Crippen LogP contribution in [0.2, 0.25) is 0 Å². The standard InChI is InChI=1S/C24H18F3N5O/c1-31-13-20(17-8-10-28-11-9-17)23(30-31)33-15-16-2-4-18(5-3-16)21-14-32-12-19(24(25,26)27)6-7-22(32)29-21/h2-14H,15H2,1H3. The van der Waals surface area contributed by atoms with Gasteiger partial charge in [0.15, 0.2) is 0 Å². The molecule has 5 aromatic rings. The fraction of sp³-hybridized carbons (Fsp3) is 0.125. The summed E-state index contributed by atoms with van der Waals surface area (Å²) >= 11 is 0. The van der Waals surface area contributed by atoms with E-state index < -0.39 is 11.7 Å². The molecule has 33 heavy (non-hydrogen) atoms. The van der Waals surface area contributed by atoms with E-state index in [-0.39, 0.29) is 0 Å². The number of ether oxygens (including phenoxy) is 1. The first kappa shape index (κ1) is 20.7. The number of hydrogen-bond acceptors (Lipinski definition) is 4. The zero-order valence-electron chi connectivity index (χ0n) is 17.5. The van der Waals surface area contributed by atoms with E-state index in [0.717, 1.165) is 34.5 Å². The lowest BCUT2D eigenvalue weighted by atomic mass is 10.1. The molecule has 0 aliphatic heterocycles. The second kappa shape index (κ2) is 8.09. The molecule has 0 atom stereocenters. The van der Waals surface area contributed by atoms with Crippen molar-refractivity contribution >= 4 is 5.65 Å². The zero-order chi connectivity index (χ0) is 23.0. The Morgan fingerprint density at radius 3 is 2.36 bits per heavy atom. The highest BCUT2D eigenvalue weighted by Crippen LogP contribution is 2.31. The van der Waals surface area contributed by atoms with Gasteiger partial charge in [0.05, 0.1) is 16.8 Å². The minimum atomic E-state index is -4.40. The Hall–Kier alpha value is -4.14. The largest absolute Gasteiger partial charge is 0.471 e. The zero-order valence-corrected chi connectivity index (χ0v) is 17.5. The second-order valence-electron chi connectivity index (χ2n) is 7.55. The molecule has 0 saturated carbocycles. The van der Waals surface area contributed by atoms with Gasteiger partial charge in [-0.25, -0.2) is 4.98 Å². The minimum Gasteiger partial charge on any atom is -0.471 e. The van der Waals surface area contributed by atoms with Crippen LogP contribution in [0.4, 0.5) is 13.2 Å². The topological polar surface area (TPSA) is 57.2 Å². The Bertz CT molecular complexity index is 1410. The molecule has 4 heterocycles. The van der Waals surface area contributed by atoms with Crippen LogP contribution in [0.5, 0.6) is 5.88 Å². The number of fused-ring (bicyclic) bond motifs is 1. The van der Waals surface area contributed by atoms with Crippen molar-refractivity contribution in [3.8, 4) is 28.3 Å². The van der Waals surface area contributed by atoms with Gasteiger partial charge in [0, 0.05) is 43.6 Å². The summed E-state index contributed by atoms with van der Waals surface area (Å²) < 4.78 is 47.9. The number of aryl methyl sites for hydroxylation is 1. The van der Waals surface area contributed by atoms with Crippen LogP contribution in [0.25, 0.3) is 28.0 Å². The van der Waals surface area contributed by atoms with Gasteiger partial charge in [-0.2, -0.15) is 13.2 Å². The van der Waals surface area contributed by atoms with Crippen LogP contribution in [0.3, 0.4) is 0 Å². The molecule has 0 N–H and O–H groups in total. The first-order valence-electron chi connectivity index (χ1n) is 10.1. The van der Waals surface area contributed by atoms with Gasteiger partial charge in [0.25, 0.3) is 0 Å². The van der Waals surface area contributed by atoms with Gasteiger partial charge in [0.1, 0.15) is 12.3 Å². The van der Waals surface area contributed by atoms with Crippen molar-refractivity contribution in [2.75, 3.05) is 0 Å². The molecule has 0 fully saturated rings. The average Bonchev–Trinajstić information content (AvgIpc) is 3.40. The van der Waals surface area contributed by atoms with Crippen LogP contribution in [-0.2, 0) is 19.8 Å². The van der Waals surface area contributed by atoms with Crippen LogP contribution in [-0.4, -0.2) is 24.1 Å². The maximum Gasteiger partial charge on any atom is 0.417 e. The number of imidazole rings is 1. The summed E-state index contributed by atoms with van der Waals surface area (Å²) in [6.45, 7) is 0.315. The van der Waals surface area contributed by atoms with Crippen LogP contribution in [0.1, 0.15) is 11.1 Å². The van der Waals surface area contributed by atoms with E-state index in [4.69, 9.17) is 4.74 Å². The molecule has 0 aliphatic carbocycles. The summed E-state index contributed by atoms with van der Waals surface area (Å²) in [4.78, 5) is 8.46. The van der Waals surface area contributed by atoms with Gasteiger partial charge in [-0.3, -0.25) is 9.67 Å². The normalized spacial score (nSPS) is 11.8. The van der Waals surface area contributed by atoms with Gasteiger partial charge in [0.2, 0.25) is 5.88 Å². The number of benzene rings is 1. The molecule has 6 nitrogen and oxygen atoms in total. The van der Waals surface area contributed by atoms with Crippen molar-refractivity contribution in [1.82, 2.24) is 24.1 Å². The highest BCUT2D eigenvalue weighted by molar-refractivity contribution is 5.67. The van der Waals surface area contributed by atoms with E-state index in [1.807, 2.05) is 49.6 Å². The number of halogens is 3. The van der Waals surface area contributed by atoms with Crippen molar-refractivity contribution in [1.29, 1.82) is 0 Å². The number of alkyl halides is 3. The van der Waals surface area contributed by atoms with Crippen molar-refractivity contribution in [3.63, 3.8) is 0 Å². The van der Waals surface area contributed by atoms with E-state index in [1.54, 1.807) is 23.3 Å². The molecule has 0 spiro atoms. The Labute approximate surface area is 186 Å². The van der Waals surface area contributed by atoms with Crippen molar-refractivity contribution in [2.24, 2.45) is 7.05 Å². The van der Waals surface area contributed by atoms with Gasteiger partial charge >= 0.3 is 6.18 Å². The number of aromatic nitrogens is 5. The lowest BCUT2D eigenvalue weighted by molar-refractivity contribution is -0.137. The SMILES string of the molecule is Cn1cc(-c2ccncc2)c(OCc2ccc(-c3cn4cc(C(F)(F)F)ccc4n3)cc2)n1. The predicted molar refractivity (Wildman–Crippen MR) is 116 cm³/mol. The van der Waals surface area contributed by atoms with Crippen LogP contribution in [0, 0.1) is 0 Å². The highest BCUT2D eigenvalue weighted by atomic mass is 19.4. The number of hydrogen-bond donors (Lipinski definition) is 0. The molecule has 0 unspecified atom stereocenters. The summed E-state index contributed by atoms with van der Waals surface area (Å²) in [6, 6.07) is 13.7. The van der Waals surface area contributed by atoms with E-state index >= 15 is 0 Å². The first-order chi connectivity index (χ1) is 15.9. The van der Waals surface area contributed by atoms with Gasteiger partial charge < -0.3 is 9.14 Å². The van der Waals surface area contributed by atoms with E-state index in [1.165, 1.54) is 10.5 Å². The maximum absolute atomic E-state index is 13.0. The molecule has 0 radical (unpaired) electrons. The molecule has 166 valence electrons. The summed E-state index contributed by atoms with van der Waals surface area (Å²) in [5.74, 6) is 0.522. The van der Waals surface area contributed by atoms with Crippen LogP contribution < -0.4 is 4.74 Å². The first-order valence-corrected chi connectivity index (χ1v) is 10.1. The van der Waals surface area contributed by atoms with Gasteiger partial charge in [-0.1, -0.05) is 24.3 Å². The van der Waals surface area contributed by atoms with E-state index in [0.29, 0.717) is 23.8 Å². The number of nitrogens with zero attached hydrogens (tertiary/aromatic N) is 5. The molecule has 0 amide bonds. The molecule has 0 saturated heterocycles. The summed E-state index contributed by atoms with van der Waals surface area (Å²) in [5, 5.41) is 4.40. The Balaban J connectivity index is 1.33. The van der Waals surface area contributed by atoms with Crippen molar-refractivity contribution in [3.05, 3.63) is 90.6 Å². The average molecular weight is 449 g/mol. The molecule has 9 heteroatoms. The third-order valence-electron chi connectivity index (χ3n) is 5.19. The highest BCUT2D eigenvalue weighted by Gasteiger charge is 2.30. The second-order valence-corrected chi connectivity index (χ2v) is 7.55. The molecule has 5 rings (SSSR count). The Morgan fingerprint density at radius 1 is 0.879 bits per heavy atom. The summed E-state index contributed by atoms with van der Waals surface area (Å²) in [7, 11) is 1.83. The van der Waals surface area contributed by atoms with Gasteiger partial charge in [-0.15, -0.1) is 5.10 Å². The number of pyridine rings is 2. The summed E-state index contributed by atoms with van der Waals surface area (Å²) in [5.41, 5.74) is 3.88. The Morgan fingerprint density at radius 2 is 1.64 bits per heavy atom. The summed E-state index contributed by atoms with van der Waals surface area (Å²) in [6.07, 6.45) is 3.56. The Kier molecular flexibility index (Phi) is 5.08. The molecular weight excluding hydrogens is 431 g/mol. The fourth-order valence-electron chi connectivity index (χ4n) is 3.53. The maximum atomic E-state index is 13.0. The smallest absolute Gasteiger partial charge is 0.417 e. The number of rotatable bonds is 5. The quantitative estimate of drug-likeness (QED) is 0.361. The minimum absolute atomic E-state index is 0.315. The molecule has 4 aromatic heterocycles.